The number of alkyl carbamates (subject to hydrolysis) is 1. The first-order valence-corrected chi connectivity index (χ1v) is 9.85. The molecule has 2 N–H and O–H groups in total. The van der Waals surface area contributed by atoms with Crippen LogP contribution in [0.4, 0.5) is 4.79 Å². The van der Waals surface area contributed by atoms with Crippen molar-refractivity contribution >= 4 is 12.1 Å². The van der Waals surface area contributed by atoms with Crippen LogP contribution in [0.1, 0.15) is 53.8 Å². The molecule has 0 saturated heterocycles. The second-order valence-corrected chi connectivity index (χ2v) is 8.18. The van der Waals surface area contributed by atoms with Crippen LogP contribution in [-0.4, -0.2) is 63.5 Å². The predicted octanol–water partition coefficient (Wildman–Crippen LogP) is 2.15. The van der Waals surface area contributed by atoms with Crippen LogP contribution in [0.5, 0.6) is 0 Å². The van der Waals surface area contributed by atoms with Gasteiger partial charge in [-0.25, -0.2) is 14.8 Å². The number of hydrogen-bond acceptors (Lipinski definition) is 5. The minimum absolute atomic E-state index is 0.0129. The molecule has 0 spiro atoms. The van der Waals surface area contributed by atoms with Crippen molar-refractivity contribution in [2.24, 2.45) is 18.0 Å². The zero-order valence-corrected chi connectivity index (χ0v) is 18.6. The van der Waals surface area contributed by atoms with Crippen molar-refractivity contribution in [2.75, 3.05) is 20.1 Å². The molecular weight excluding hydrogens is 358 g/mol. The zero-order valence-electron chi connectivity index (χ0n) is 18.6. The normalized spacial score (nSPS) is 13.4. The molecular formula is C19H37N7O2. The summed E-state index contributed by atoms with van der Waals surface area (Å²) >= 11 is 0. The second-order valence-electron chi connectivity index (χ2n) is 8.18. The molecule has 0 bridgehead atoms. The molecule has 9 nitrogen and oxygen atoms in total. The monoisotopic (exact) mass is 395 g/mol. The fourth-order valence-corrected chi connectivity index (χ4v) is 2.55. The molecule has 0 aromatic carbocycles. The van der Waals surface area contributed by atoms with E-state index < -0.39 is 5.60 Å². The minimum atomic E-state index is -0.507. The van der Waals surface area contributed by atoms with Crippen LogP contribution in [0, 0.1) is 5.92 Å². The summed E-state index contributed by atoms with van der Waals surface area (Å²) in [5, 5.41) is 10.4. The van der Waals surface area contributed by atoms with Gasteiger partial charge in [-0.15, -0.1) is 0 Å². The van der Waals surface area contributed by atoms with Crippen LogP contribution in [0.15, 0.2) is 11.3 Å². The van der Waals surface area contributed by atoms with E-state index in [1.165, 1.54) is 6.33 Å². The molecule has 0 fully saturated rings. The lowest BCUT2D eigenvalue weighted by molar-refractivity contribution is 0.0486. The molecule has 0 aliphatic rings. The molecule has 1 aromatic rings. The second kappa shape index (κ2) is 10.9. The summed E-state index contributed by atoms with van der Waals surface area (Å²) in [6.45, 7) is 13.8. The Morgan fingerprint density at radius 1 is 1.39 bits per heavy atom. The highest BCUT2D eigenvalue weighted by atomic mass is 16.6. The summed E-state index contributed by atoms with van der Waals surface area (Å²) in [5.41, 5.74) is -0.507. The maximum Gasteiger partial charge on any atom is 0.407 e. The molecule has 1 rings (SSSR count). The van der Waals surface area contributed by atoms with Crippen LogP contribution >= 0.6 is 0 Å². The molecule has 9 heteroatoms. The van der Waals surface area contributed by atoms with Gasteiger partial charge in [0.15, 0.2) is 5.96 Å². The van der Waals surface area contributed by atoms with Gasteiger partial charge in [-0.1, -0.05) is 13.8 Å². The Balaban J connectivity index is 2.67. The van der Waals surface area contributed by atoms with Crippen LogP contribution < -0.4 is 10.6 Å². The average molecular weight is 396 g/mol. The van der Waals surface area contributed by atoms with Crippen molar-refractivity contribution < 1.29 is 9.53 Å². The Labute approximate surface area is 168 Å². The number of rotatable bonds is 8. The number of aliphatic imine (C=N–C) groups is 1. The van der Waals surface area contributed by atoms with E-state index in [9.17, 15) is 4.79 Å². The van der Waals surface area contributed by atoms with Gasteiger partial charge >= 0.3 is 6.09 Å². The van der Waals surface area contributed by atoms with E-state index in [-0.39, 0.29) is 12.1 Å². The number of aromatic nitrogens is 3. The van der Waals surface area contributed by atoms with Crippen molar-refractivity contribution in [1.29, 1.82) is 0 Å². The first kappa shape index (κ1) is 23.7. The maximum absolute atomic E-state index is 12.1. The number of amides is 1. The number of nitrogens with one attached hydrogen (secondary N) is 2. The third-order valence-corrected chi connectivity index (χ3v) is 4.15. The number of aryl methyl sites for hydroxylation is 1. The van der Waals surface area contributed by atoms with Gasteiger partial charge in [0.05, 0.1) is 0 Å². The number of nitrogens with zero attached hydrogens (tertiary/aromatic N) is 5. The standard InChI is InChI=1S/C19H37N7O2/c1-9-20-17(21-12-16-22-13-23-26(16)8)25(7)11-10-15(14(2)3)24-18(27)28-19(4,5)6/h13-15H,9-12H2,1-8H3,(H,20,21)(H,24,27). The molecule has 1 unspecified atom stereocenters. The number of carbonyl (C=O) groups is 1. The Bertz CT molecular complexity index is 634. The van der Waals surface area contributed by atoms with E-state index in [0.29, 0.717) is 12.5 Å². The summed E-state index contributed by atoms with van der Waals surface area (Å²) in [6.07, 6.45) is 1.93. The van der Waals surface area contributed by atoms with Gasteiger partial charge in [0.1, 0.15) is 24.3 Å². The smallest absolute Gasteiger partial charge is 0.407 e. The molecule has 1 amide bonds. The molecule has 1 atom stereocenters. The summed E-state index contributed by atoms with van der Waals surface area (Å²) in [5.74, 6) is 1.89. The minimum Gasteiger partial charge on any atom is -0.444 e. The lowest BCUT2D eigenvalue weighted by Gasteiger charge is -2.28. The van der Waals surface area contributed by atoms with Crippen molar-refractivity contribution in [1.82, 2.24) is 30.3 Å². The highest BCUT2D eigenvalue weighted by Crippen LogP contribution is 2.11. The van der Waals surface area contributed by atoms with Crippen molar-refractivity contribution in [2.45, 2.75) is 66.2 Å². The van der Waals surface area contributed by atoms with Gasteiger partial charge < -0.3 is 20.3 Å². The summed E-state index contributed by atoms with van der Waals surface area (Å²) in [7, 11) is 3.84. The molecule has 0 radical (unpaired) electrons. The van der Waals surface area contributed by atoms with E-state index in [0.717, 1.165) is 31.3 Å². The molecule has 1 aromatic heterocycles. The maximum atomic E-state index is 12.1. The SMILES string of the molecule is CCNC(=NCc1ncnn1C)N(C)CCC(NC(=O)OC(C)(C)C)C(C)C. The van der Waals surface area contributed by atoms with Crippen LogP contribution in [-0.2, 0) is 18.3 Å². The number of carbonyl (C=O) groups excluding carboxylic acids is 1. The predicted molar refractivity (Wildman–Crippen MR) is 111 cm³/mol. The van der Waals surface area contributed by atoms with Gasteiger partial charge in [0.2, 0.25) is 0 Å². The number of guanidine groups is 1. The molecule has 28 heavy (non-hydrogen) atoms. The highest BCUT2D eigenvalue weighted by molar-refractivity contribution is 5.79. The zero-order chi connectivity index (χ0) is 21.3. The van der Waals surface area contributed by atoms with Crippen molar-refractivity contribution in [3.05, 3.63) is 12.2 Å². The Kier molecular flexibility index (Phi) is 9.21. The largest absolute Gasteiger partial charge is 0.444 e. The lowest BCUT2D eigenvalue weighted by atomic mass is 10.0. The summed E-state index contributed by atoms with van der Waals surface area (Å²) in [4.78, 5) is 23.0. The van der Waals surface area contributed by atoms with Gasteiger partial charge in [0, 0.05) is 33.2 Å². The first-order chi connectivity index (χ1) is 13.0. The first-order valence-electron chi connectivity index (χ1n) is 9.85. The van der Waals surface area contributed by atoms with E-state index in [1.54, 1.807) is 4.68 Å². The van der Waals surface area contributed by atoms with E-state index in [2.05, 4.69) is 44.5 Å². The number of ether oxygens (including phenoxy) is 1. The average Bonchev–Trinajstić information content (AvgIpc) is 2.98. The fraction of sp³-hybridized carbons (Fsp3) is 0.789. The fourth-order valence-electron chi connectivity index (χ4n) is 2.55. The molecule has 160 valence electrons. The van der Waals surface area contributed by atoms with Gasteiger partial charge in [-0.2, -0.15) is 5.10 Å². The Hall–Kier alpha value is -2.32. The van der Waals surface area contributed by atoms with Crippen molar-refractivity contribution in [3.63, 3.8) is 0 Å². The van der Waals surface area contributed by atoms with E-state index in [1.807, 2.05) is 41.8 Å². The van der Waals surface area contributed by atoms with Crippen molar-refractivity contribution in [3.8, 4) is 0 Å². The number of hydrogen-bond donors (Lipinski definition) is 2. The highest BCUT2D eigenvalue weighted by Gasteiger charge is 2.22. The van der Waals surface area contributed by atoms with Gasteiger partial charge in [-0.05, 0) is 40.0 Å². The van der Waals surface area contributed by atoms with Gasteiger partial charge in [-0.3, -0.25) is 4.68 Å². The molecule has 1 heterocycles. The molecule has 0 aliphatic heterocycles. The van der Waals surface area contributed by atoms with Gasteiger partial charge in [0.25, 0.3) is 0 Å². The third kappa shape index (κ3) is 8.58. The summed E-state index contributed by atoms with van der Waals surface area (Å²) in [6, 6.07) is 0.0129. The Morgan fingerprint density at radius 2 is 2.07 bits per heavy atom. The van der Waals surface area contributed by atoms with E-state index >= 15 is 0 Å². The summed E-state index contributed by atoms with van der Waals surface area (Å²) < 4.78 is 7.10. The van der Waals surface area contributed by atoms with Crippen LogP contribution in [0.2, 0.25) is 0 Å². The topological polar surface area (TPSA) is 96.7 Å². The van der Waals surface area contributed by atoms with Crippen LogP contribution in [0.25, 0.3) is 0 Å². The lowest BCUT2D eigenvalue weighted by Crippen LogP contribution is -2.45. The Morgan fingerprint density at radius 3 is 2.57 bits per heavy atom. The third-order valence-electron chi connectivity index (χ3n) is 4.15. The van der Waals surface area contributed by atoms with E-state index in [4.69, 9.17) is 4.74 Å². The molecule has 0 aliphatic carbocycles. The molecule has 0 saturated carbocycles. The quantitative estimate of drug-likeness (QED) is 0.517. The van der Waals surface area contributed by atoms with Crippen LogP contribution in [0.3, 0.4) is 0 Å².